The first-order valence-corrected chi connectivity index (χ1v) is 20.4. The second-order valence-corrected chi connectivity index (χ2v) is 43.0. The van der Waals surface area contributed by atoms with Crippen molar-refractivity contribution in [3.63, 3.8) is 0 Å². The van der Waals surface area contributed by atoms with Gasteiger partial charge in [-0.05, 0) is 0 Å². The molecule has 0 saturated carbocycles. The van der Waals surface area contributed by atoms with Crippen LogP contribution < -0.4 is 0 Å². The zero-order valence-corrected chi connectivity index (χ0v) is 13.1. The van der Waals surface area contributed by atoms with Gasteiger partial charge in [0.2, 0.25) is 0 Å². The monoisotopic (exact) mass is 439 g/mol. The normalized spacial score (nSPS) is 15.1. The topological polar surface area (TPSA) is 17.1 Å². The van der Waals surface area contributed by atoms with E-state index in [4.69, 9.17) is 50.7 Å². The molecule has 0 heterocycles. The Labute approximate surface area is 77.4 Å². The van der Waals surface area contributed by atoms with E-state index in [0.717, 1.165) is 0 Å². The van der Waals surface area contributed by atoms with E-state index in [1.807, 2.05) is 0 Å². The summed E-state index contributed by atoms with van der Waals surface area (Å²) in [5.74, 6) is 0. The number of halogens is 5. The molecule has 0 unspecified atom stereocenters. The van der Waals surface area contributed by atoms with E-state index in [-0.39, 0.29) is 18.3 Å². The molecular formula is Cl5OWZn. The van der Waals surface area contributed by atoms with E-state index >= 15 is 0 Å². The summed E-state index contributed by atoms with van der Waals surface area (Å²) in [4.78, 5) is 0. The van der Waals surface area contributed by atoms with Crippen LogP contribution >= 0.6 is 47.1 Å². The molecule has 0 aliphatic rings. The Bertz CT molecular complexity index is 55.3. The van der Waals surface area contributed by atoms with Crippen LogP contribution in [0.15, 0.2) is 0 Å². The van der Waals surface area contributed by atoms with Gasteiger partial charge in [-0.1, -0.05) is 0 Å². The first-order valence-electron chi connectivity index (χ1n) is 1.06. The van der Waals surface area contributed by atoms with Crippen molar-refractivity contribution in [1.29, 1.82) is 0 Å². The van der Waals surface area contributed by atoms with Gasteiger partial charge in [0.15, 0.2) is 0 Å². The molecule has 0 aromatic heterocycles. The van der Waals surface area contributed by atoms with Gasteiger partial charge in [0.05, 0.1) is 0 Å². The third-order valence-electron chi connectivity index (χ3n) is 0. The fourth-order valence-corrected chi connectivity index (χ4v) is 0. The second-order valence-electron chi connectivity index (χ2n) is 0.583. The first-order chi connectivity index (χ1) is 3.24. The molecule has 0 saturated heterocycles. The molecule has 8 heavy (non-hydrogen) atoms. The molecule has 0 N–H and O–H groups in total. The average Bonchev–Trinajstić information content (AvgIpc) is 1.33. The van der Waals surface area contributed by atoms with Gasteiger partial charge in [-0.15, -0.1) is 0 Å². The van der Waals surface area contributed by atoms with Crippen LogP contribution in [-0.2, 0) is 31.4 Å². The Hall–Kier alpha value is 2.56. The molecule has 0 spiro atoms. The van der Waals surface area contributed by atoms with Gasteiger partial charge < -0.3 is 0 Å². The summed E-state index contributed by atoms with van der Waals surface area (Å²) in [5.41, 5.74) is 0. The maximum absolute atomic E-state index is 8.38. The van der Waals surface area contributed by atoms with Crippen molar-refractivity contribution < 1.29 is 31.4 Å². The van der Waals surface area contributed by atoms with Crippen LogP contribution in [0.25, 0.3) is 0 Å². The van der Waals surface area contributed by atoms with Gasteiger partial charge in [0.25, 0.3) is 0 Å². The summed E-state index contributed by atoms with van der Waals surface area (Å²) in [5, 5.41) is 0. The van der Waals surface area contributed by atoms with Crippen molar-refractivity contribution in [2.45, 2.75) is 0 Å². The molecular weight excluding hydrogens is 442 g/mol. The van der Waals surface area contributed by atoms with E-state index < -0.39 is 9.60 Å². The van der Waals surface area contributed by atoms with Gasteiger partial charge in [-0.25, -0.2) is 0 Å². The number of hydrogen-bond acceptors (Lipinski definition) is 1. The summed E-state index contributed by atoms with van der Waals surface area (Å²) >= 11 is 0.125. The van der Waals surface area contributed by atoms with E-state index in [2.05, 4.69) is 0 Å². The molecule has 1 nitrogen and oxygen atoms in total. The van der Waals surface area contributed by atoms with Crippen molar-refractivity contribution in [1.82, 2.24) is 0 Å². The molecule has 8 heteroatoms. The van der Waals surface area contributed by atoms with Crippen LogP contribution in [0.4, 0.5) is 0 Å². The molecule has 0 rings (SSSR count). The number of rotatable bonds is 0. The van der Waals surface area contributed by atoms with Crippen molar-refractivity contribution in [3.8, 4) is 0 Å². The summed E-state index contributed by atoms with van der Waals surface area (Å²) in [7, 11) is 20.9. The minimum atomic E-state index is -4.39. The fraction of sp³-hybridized carbons (Fsp3) is 0. The SMILES string of the molecule is [Cl][W]([Cl])([Cl])([Cl])[Cl].[O]=[Zn]. The van der Waals surface area contributed by atoms with Crippen molar-refractivity contribution in [2.75, 3.05) is 0 Å². The zero-order chi connectivity index (χ0) is 7.45. The number of hydrogen-bond donors (Lipinski definition) is 0. The van der Waals surface area contributed by atoms with E-state index in [1.54, 1.807) is 0 Å². The van der Waals surface area contributed by atoms with Gasteiger partial charge >= 0.3 is 78.5 Å². The van der Waals surface area contributed by atoms with Gasteiger partial charge in [0, 0.05) is 0 Å². The summed E-state index contributed by atoms with van der Waals surface area (Å²) in [6, 6.07) is 0. The van der Waals surface area contributed by atoms with Crippen molar-refractivity contribution >= 4 is 47.1 Å². The van der Waals surface area contributed by atoms with Crippen LogP contribution in [0.5, 0.6) is 0 Å². The third-order valence-corrected chi connectivity index (χ3v) is 0. The Morgan fingerprint density at radius 1 is 0.875 bits per heavy atom. The molecule has 0 radical (unpaired) electrons. The average molecular weight is 442 g/mol. The summed E-state index contributed by atoms with van der Waals surface area (Å²) in [6.07, 6.45) is 0. The Kier molecular flexibility index (Phi) is 7.31. The first kappa shape index (κ1) is 13.2. The quantitative estimate of drug-likeness (QED) is 0.526. The van der Waals surface area contributed by atoms with Crippen LogP contribution in [0.3, 0.4) is 0 Å². The Morgan fingerprint density at radius 2 is 0.875 bits per heavy atom. The molecule has 0 aromatic rings. The fourth-order valence-electron chi connectivity index (χ4n) is 0. The van der Waals surface area contributed by atoms with Crippen molar-refractivity contribution in [2.24, 2.45) is 0 Å². The van der Waals surface area contributed by atoms with Crippen LogP contribution in [0, 0.1) is 0 Å². The van der Waals surface area contributed by atoms with E-state index in [1.165, 1.54) is 0 Å². The molecule has 0 amide bonds. The Morgan fingerprint density at radius 3 is 0.875 bits per heavy atom. The van der Waals surface area contributed by atoms with Gasteiger partial charge in [0.1, 0.15) is 0 Å². The standard InChI is InChI=1S/5ClH.O.W.Zn/h5*1H;;;/q;;;;;;+5;/p-5. The van der Waals surface area contributed by atoms with Crippen LogP contribution in [0.2, 0.25) is 0 Å². The van der Waals surface area contributed by atoms with E-state index in [0.29, 0.717) is 0 Å². The van der Waals surface area contributed by atoms with Crippen LogP contribution in [0.1, 0.15) is 0 Å². The second kappa shape index (κ2) is 4.44. The summed E-state index contributed by atoms with van der Waals surface area (Å²) < 4.78 is 8.38. The molecule has 0 aliphatic carbocycles. The molecule has 49 valence electrons. The molecule has 0 aliphatic heterocycles. The molecule has 0 aromatic carbocycles. The zero-order valence-electron chi connectivity index (χ0n) is 3.41. The van der Waals surface area contributed by atoms with Gasteiger partial charge in [-0.2, -0.15) is 0 Å². The summed E-state index contributed by atoms with van der Waals surface area (Å²) in [6.45, 7) is 0. The molecule has 0 atom stereocenters. The minimum absolute atomic E-state index is 0.125. The van der Waals surface area contributed by atoms with Gasteiger partial charge in [-0.3, -0.25) is 0 Å². The maximum atomic E-state index is 8.38. The van der Waals surface area contributed by atoms with E-state index in [9.17, 15) is 0 Å². The van der Waals surface area contributed by atoms with Crippen LogP contribution in [-0.4, -0.2) is 0 Å². The molecule has 0 bridgehead atoms. The Balaban J connectivity index is 0. The third kappa shape index (κ3) is 74.6. The predicted molar refractivity (Wildman–Crippen MR) is 30.0 cm³/mol. The predicted octanol–water partition coefficient (Wildman–Crippen LogP) is 3.32. The molecule has 0 fully saturated rings. The van der Waals surface area contributed by atoms with Crippen molar-refractivity contribution in [3.05, 3.63) is 0 Å².